The van der Waals surface area contributed by atoms with Crippen LogP contribution in [0.1, 0.15) is 29.7 Å². The zero-order valence-electron chi connectivity index (χ0n) is 12.8. The van der Waals surface area contributed by atoms with Crippen LogP contribution in [0.4, 0.5) is 0 Å². The third kappa shape index (κ3) is 5.61. The Hall–Kier alpha value is -0.910. The lowest BCUT2D eigenvalue weighted by Gasteiger charge is -2.19. The van der Waals surface area contributed by atoms with Crippen molar-refractivity contribution in [3.05, 3.63) is 34.9 Å². The maximum atomic E-state index is 12.1. The van der Waals surface area contributed by atoms with Crippen LogP contribution in [-0.4, -0.2) is 40.2 Å². The molecule has 0 aliphatic heterocycles. The molecule has 0 aliphatic carbocycles. The summed E-state index contributed by atoms with van der Waals surface area (Å²) in [5, 5.41) is 3.27. The highest BCUT2D eigenvalue weighted by Crippen LogP contribution is 2.19. The quantitative estimate of drug-likeness (QED) is 0.798. The van der Waals surface area contributed by atoms with Gasteiger partial charge < -0.3 is 10.1 Å². The molecule has 0 amide bonds. The zero-order chi connectivity index (χ0) is 15.2. The van der Waals surface area contributed by atoms with Crippen LogP contribution >= 0.6 is 0 Å². The van der Waals surface area contributed by atoms with Gasteiger partial charge in [-0.3, -0.25) is 0 Å². The highest BCUT2D eigenvalue weighted by Gasteiger charge is 2.20. The van der Waals surface area contributed by atoms with Gasteiger partial charge in [0, 0.05) is 13.2 Å². The van der Waals surface area contributed by atoms with Gasteiger partial charge in [-0.25, -0.2) is 8.42 Å². The SMILES string of the molecule is CCNC(CS(=O)(=O)CCOC)c1cc(C)cc(C)c1. The largest absolute Gasteiger partial charge is 0.384 e. The Bertz CT molecular complexity index is 506. The molecule has 0 saturated heterocycles. The fourth-order valence-electron chi connectivity index (χ4n) is 2.28. The zero-order valence-corrected chi connectivity index (χ0v) is 13.6. The number of aryl methyl sites for hydroxylation is 2. The van der Waals surface area contributed by atoms with Gasteiger partial charge >= 0.3 is 0 Å². The third-order valence-corrected chi connectivity index (χ3v) is 4.75. The molecule has 0 radical (unpaired) electrons. The average Bonchev–Trinajstić information content (AvgIpc) is 2.34. The van der Waals surface area contributed by atoms with E-state index in [-0.39, 0.29) is 24.2 Å². The summed E-state index contributed by atoms with van der Waals surface area (Å²) >= 11 is 0. The highest BCUT2D eigenvalue weighted by molar-refractivity contribution is 7.91. The maximum absolute atomic E-state index is 12.1. The number of ether oxygens (including phenoxy) is 1. The van der Waals surface area contributed by atoms with Gasteiger partial charge in [0.25, 0.3) is 0 Å². The first-order valence-corrected chi connectivity index (χ1v) is 8.71. The fraction of sp³-hybridized carbons (Fsp3) is 0.600. The molecule has 1 aromatic rings. The normalized spacial score (nSPS) is 13.4. The van der Waals surface area contributed by atoms with Crippen LogP contribution in [0.3, 0.4) is 0 Å². The molecule has 0 saturated carbocycles. The van der Waals surface area contributed by atoms with Gasteiger partial charge in [0.15, 0.2) is 9.84 Å². The van der Waals surface area contributed by atoms with Crippen LogP contribution in [-0.2, 0) is 14.6 Å². The van der Waals surface area contributed by atoms with Crippen molar-refractivity contribution < 1.29 is 13.2 Å². The Labute approximate surface area is 122 Å². The molecule has 0 fully saturated rings. The Balaban J connectivity index is 2.93. The van der Waals surface area contributed by atoms with Crippen LogP contribution < -0.4 is 5.32 Å². The molecule has 114 valence electrons. The molecule has 0 aromatic heterocycles. The van der Waals surface area contributed by atoms with Crippen molar-refractivity contribution in [3.63, 3.8) is 0 Å². The second-order valence-corrected chi connectivity index (χ2v) is 7.37. The first-order chi connectivity index (χ1) is 9.38. The summed E-state index contributed by atoms with van der Waals surface area (Å²) in [5.74, 6) is 0.170. The van der Waals surface area contributed by atoms with E-state index in [0.717, 1.165) is 23.2 Å². The van der Waals surface area contributed by atoms with Crippen molar-refractivity contribution in [2.75, 3.05) is 31.8 Å². The smallest absolute Gasteiger partial charge is 0.154 e. The molecule has 0 spiro atoms. The number of hydrogen-bond acceptors (Lipinski definition) is 4. The van der Waals surface area contributed by atoms with Gasteiger partial charge in [-0.1, -0.05) is 36.2 Å². The minimum Gasteiger partial charge on any atom is -0.384 e. The van der Waals surface area contributed by atoms with E-state index in [1.54, 1.807) is 0 Å². The number of sulfone groups is 1. The first kappa shape index (κ1) is 17.1. The van der Waals surface area contributed by atoms with Crippen LogP contribution in [0.2, 0.25) is 0 Å². The molecule has 20 heavy (non-hydrogen) atoms. The number of benzene rings is 1. The summed E-state index contributed by atoms with van der Waals surface area (Å²) in [4.78, 5) is 0. The Morgan fingerprint density at radius 2 is 1.80 bits per heavy atom. The molecule has 1 atom stereocenters. The molecular formula is C15H25NO3S. The molecule has 5 heteroatoms. The summed E-state index contributed by atoms with van der Waals surface area (Å²) < 4.78 is 29.1. The van der Waals surface area contributed by atoms with Crippen LogP contribution in [0.25, 0.3) is 0 Å². The molecule has 0 bridgehead atoms. The summed E-state index contributed by atoms with van der Waals surface area (Å²) in [6.45, 7) is 7.01. The summed E-state index contributed by atoms with van der Waals surface area (Å²) in [6.07, 6.45) is 0. The third-order valence-electron chi connectivity index (χ3n) is 3.12. The van der Waals surface area contributed by atoms with Crippen molar-refractivity contribution >= 4 is 9.84 Å². The Kier molecular flexibility index (Phi) is 6.65. The van der Waals surface area contributed by atoms with E-state index in [2.05, 4.69) is 11.4 Å². The first-order valence-electron chi connectivity index (χ1n) is 6.89. The molecular weight excluding hydrogens is 274 g/mol. The Morgan fingerprint density at radius 1 is 1.20 bits per heavy atom. The second kappa shape index (κ2) is 7.76. The molecule has 4 nitrogen and oxygen atoms in total. The number of hydrogen-bond donors (Lipinski definition) is 1. The van der Waals surface area contributed by atoms with E-state index in [9.17, 15) is 8.42 Å². The van der Waals surface area contributed by atoms with Crippen molar-refractivity contribution in [1.29, 1.82) is 0 Å². The number of rotatable bonds is 8. The van der Waals surface area contributed by atoms with E-state index in [4.69, 9.17) is 4.74 Å². The van der Waals surface area contributed by atoms with Crippen molar-refractivity contribution in [1.82, 2.24) is 5.32 Å². The molecule has 0 aliphatic rings. The molecule has 1 aromatic carbocycles. The molecule has 1 N–H and O–H groups in total. The minimum atomic E-state index is -3.13. The van der Waals surface area contributed by atoms with Gasteiger partial charge in [0.1, 0.15) is 0 Å². The van der Waals surface area contributed by atoms with E-state index >= 15 is 0 Å². The van der Waals surface area contributed by atoms with Crippen LogP contribution in [0, 0.1) is 13.8 Å². The lowest BCUT2D eigenvalue weighted by molar-refractivity contribution is 0.217. The van der Waals surface area contributed by atoms with E-state index in [1.165, 1.54) is 7.11 Å². The standard InChI is InChI=1S/C15H25NO3S/c1-5-16-15(11-20(17,18)7-6-19-4)14-9-12(2)8-13(3)10-14/h8-10,15-16H,5-7,11H2,1-4H3. The topological polar surface area (TPSA) is 55.4 Å². The van der Waals surface area contributed by atoms with E-state index < -0.39 is 9.84 Å². The van der Waals surface area contributed by atoms with Crippen molar-refractivity contribution in [2.24, 2.45) is 0 Å². The minimum absolute atomic E-state index is 0.0657. The predicted octanol–water partition coefficient (Wildman–Crippen LogP) is 2.02. The average molecular weight is 299 g/mol. The predicted molar refractivity (Wildman–Crippen MR) is 82.9 cm³/mol. The molecule has 1 unspecified atom stereocenters. The van der Waals surface area contributed by atoms with Crippen LogP contribution in [0.15, 0.2) is 18.2 Å². The summed E-state index contributed by atoms with van der Waals surface area (Å²) in [5.41, 5.74) is 3.33. The van der Waals surface area contributed by atoms with E-state index in [1.807, 2.05) is 32.9 Å². The second-order valence-electron chi connectivity index (χ2n) is 5.14. The van der Waals surface area contributed by atoms with Crippen LogP contribution in [0.5, 0.6) is 0 Å². The lowest BCUT2D eigenvalue weighted by Crippen LogP contribution is -2.30. The monoisotopic (exact) mass is 299 g/mol. The summed E-state index contributed by atoms with van der Waals surface area (Å²) in [7, 11) is -1.61. The van der Waals surface area contributed by atoms with Gasteiger partial charge in [0.2, 0.25) is 0 Å². The molecule has 0 heterocycles. The van der Waals surface area contributed by atoms with Gasteiger partial charge in [0.05, 0.1) is 18.1 Å². The summed E-state index contributed by atoms with van der Waals surface area (Å²) in [6, 6.07) is 6.02. The van der Waals surface area contributed by atoms with Gasteiger partial charge in [-0.15, -0.1) is 0 Å². The van der Waals surface area contributed by atoms with Gasteiger partial charge in [-0.05, 0) is 26.0 Å². The van der Waals surface area contributed by atoms with Gasteiger partial charge in [-0.2, -0.15) is 0 Å². The van der Waals surface area contributed by atoms with Crippen molar-refractivity contribution in [2.45, 2.75) is 26.8 Å². The number of nitrogens with one attached hydrogen (secondary N) is 1. The maximum Gasteiger partial charge on any atom is 0.154 e. The van der Waals surface area contributed by atoms with Crippen molar-refractivity contribution in [3.8, 4) is 0 Å². The lowest BCUT2D eigenvalue weighted by atomic mass is 10.0. The number of methoxy groups -OCH3 is 1. The fourth-order valence-corrected chi connectivity index (χ4v) is 3.68. The van der Waals surface area contributed by atoms with E-state index in [0.29, 0.717) is 0 Å². The molecule has 1 rings (SSSR count). The highest BCUT2D eigenvalue weighted by atomic mass is 32.2. The Morgan fingerprint density at radius 3 is 2.30 bits per heavy atom.